The predicted octanol–water partition coefficient (Wildman–Crippen LogP) is 2.89. The maximum Gasteiger partial charge on any atom is 0.0606 e. The number of aliphatic hydroxyl groups excluding tert-OH is 1. The first kappa shape index (κ1) is 9.26. The van der Waals surface area contributed by atoms with E-state index in [9.17, 15) is 5.11 Å². The Hall–Kier alpha value is -0.300. The van der Waals surface area contributed by atoms with Crippen LogP contribution in [0.15, 0.2) is 11.1 Å². The van der Waals surface area contributed by atoms with Gasteiger partial charge in [-0.1, -0.05) is 25.0 Å². The SMILES string of the molecule is CC1=C([C@H]2CCC2O)C(C)(C)CC1. The predicted molar refractivity (Wildman–Crippen MR) is 54.4 cm³/mol. The quantitative estimate of drug-likeness (QED) is 0.615. The smallest absolute Gasteiger partial charge is 0.0606 e. The molecular formula is C12H20O. The Morgan fingerprint density at radius 2 is 2.00 bits per heavy atom. The van der Waals surface area contributed by atoms with Gasteiger partial charge in [0, 0.05) is 5.92 Å². The lowest BCUT2D eigenvalue weighted by atomic mass is 9.68. The van der Waals surface area contributed by atoms with Crippen molar-refractivity contribution in [2.24, 2.45) is 11.3 Å². The van der Waals surface area contributed by atoms with Crippen LogP contribution in [0.3, 0.4) is 0 Å². The van der Waals surface area contributed by atoms with Crippen LogP contribution in [0.2, 0.25) is 0 Å². The molecule has 1 saturated carbocycles. The molecule has 13 heavy (non-hydrogen) atoms. The summed E-state index contributed by atoms with van der Waals surface area (Å²) in [4.78, 5) is 0. The third kappa shape index (κ3) is 1.34. The van der Waals surface area contributed by atoms with Gasteiger partial charge in [0.2, 0.25) is 0 Å². The molecule has 0 heterocycles. The lowest BCUT2D eigenvalue weighted by molar-refractivity contribution is 0.0345. The molecule has 2 aliphatic carbocycles. The van der Waals surface area contributed by atoms with Crippen LogP contribution < -0.4 is 0 Å². The van der Waals surface area contributed by atoms with Gasteiger partial charge in [-0.15, -0.1) is 0 Å². The average molecular weight is 180 g/mol. The number of rotatable bonds is 1. The summed E-state index contributed by atoms with van der Waals surface area (Å²) in [6.07, 6.45) is 4.69. The molecule has 1 N–H and O–H groups in total. The largest absolute Gasteiger partial charge is 0.393 e. The topological polar surface area (TPSA) is 20.2 Å². The summed E-state index contributed by atoms with van der Waals surface area (Å²) >= 11 is 0. The fourth-order valence-corrected chi connectivity index (χ4v) is 2.98. The molecule has 2 aliphatic rings. The summed E-state index contributed by atoms with van der Waals surface area (Å²) in [6, 6.07) is 0. The molecular weight excluding hydrogens is 160 g/mol. The van der Waals surface area contributed by atoms with Gasteiger partial charge in [0.05, 0.1) is 6.10 Å². The fourth-order valence-electron chi connectivity index (χ4n) is 2.98. The first-order valence-corrected chi connectivity index (χ1v) is 5.40. The molecule has 0 aromatic carbocycles. The number of hydrogen-bond acceptors (Lipinski definition) is 1. The number of aliphatic hydroxyl groups is 1. The monoisotopic (exact) mass is 180 g/mol. The first-order chi connectivity index (χ1) is 6.02. The van der Waals surface area contributed by atoms with Crippen LogP contribution in [-0.2, 0) is 0 Å². The molecule has 0 radical (unpaired) electrons. The van der Waals surface area contributed by atoms with E-state index >= 15 is 0 Å². The Balaban J connectivity index is 2.24. The van der Waals surface area contributed by atoms with E-state index in [1.54, 1.807) is 11.1 Å². The van der Waals surface area contributed by atoms with Crippen LogP contribution in [0.4, 0.5) is 0 Å². The zero-order valence-electron chi connectivity index (χ0n) is 8.93. The maximum atomic E-state index is 9.68. The lowest BCUT2D eigenvalue weighted by Gasteiger charge is -2.39. The molecule has 2 atom stereocenters. The van der Waals surface area contributed by atoms with Crippen molar-refractivity contribution < 1.29 is 5.11 Å². The third-order valence-corrected chi connectivity index (χ3v) is 3.92. The highest BCUT2D eigenvalue weighted by Gasteiger charge is 2.41. The van der Waals surface area contributed by atoms with Gasteiger partial charge in [-0.05, 0) is 38.0 Å². The van der Waals surface area contributed by atoms with Gasteiger partial charge in [-0.3, -0.25) is 0 Å². The first-order valence-electron chi connectivity index (χ1n) is 5.40. The Morgan fingerprint density at radius 3 is 2.31 bits per heavy atom. The molecule has 0 amide bonds. The van der Waals surface area contributed by atoms with Crippen LogP contribution in [-0.4, -0.2) is 11.2 Å². The molecule has 0 aromatic rings. The number of hydrogen-bond donors (Lipinski definition) is 1. The second kappa shape index (κ2) is 2.84. The molecule has 1 fully saturated rings. The van der Waals surface area contributed by atoms with Gasteiger partial charge in [0.15, 0.2) is 0 Å². The van der Waals surface area contributed by atoms with Crippen molar-refractivity contribution in [1.82, 2.24) is 0 Å². The van der Waals surface area contributed by atoms with E-state index in [0.29, 0.717) is 11.3 Å². The van der Waals surface area contributed by atoms with Crippen molar-refractivity contribution in [3.8, 4) is 0 Å². The zero-order chi connectivity index (χ0) is 9.64. The fraction of sp³-hybridized carbons (Fsp3) is 0.833. The second-order valence-corrected chi connectivity index (χ2v) is 5.33. The Morgan fingerprint density at radius 1 is 1.31 bits per heavy atom. The summed E-state index contributed by atoms with van der Waals surface area (Å²) in [7, 11) is 0. The summed E-state index contributed by atoms with van der Waals surface area (Å²) in [5.74, 6) is 0.498. The van der Waals surface area contributed by atoms with Gasteiger partial charge in [0.1, 0.15) is 0 Å². The van der Waals surface area contributed by atoms with Crippen molar-refractivity contribution in [3.63, 3.8) is 0 Å². The summed E-state index contributed by atoms with van der Waals surface area (Å²) < 4.78 is 0. The van der Waals surface area contributed by atoms with Crippen molar-refractivity contribution in [3.05, 3.63) is 11.1 Å². The van der Waals surface area contributed by atoms with Crippen LogP contribution in [0, 0.1) is 11.3 Å². The van der Waals surface area contributed by atoms with Crippen LogP contribution in [0.5, 0.6) is 0 Å². The van der Waals surface area contributed by atoms with Gasteiger partial charge < -0.3 is 5.11 Å². The molecule has 0 spiro atoms. The molecule has 1 heteroatoms. The molecule has 74 valence electrons. The maximum absolute atomic E-state index is 9.68. The summed E-state index contributed by atoms with van der Waals surface area (Å²) in [5.41, 5.74) is 3.48. The highest BCUT2D eigenvalue weighted by molar-refractivity contribution is 5.30. The van der Waals surface area contributed by atoms with E-state index in [-0.39, 0.29) is 6.10 Å². The summed E-state index contributed by atoms with van der Waals surface area (Å²) in [6.45, 7) is 6.89. The lowest BCUT2D eigenvalue weighted by Crippen LogP contribution is -2.36. The van der Waals surface area contributed by atoms with Crippen LogP contribution >= 0.6 is 0 Å². The van der Waals surface area contributed by atoms with Gasteiger partial charge in [-0.2, -0.15) is 0 Å². The van der Waals surface area contributed by atoms with Gasteiger partial charge >= 0.3 is 0 Å². The molecule has 1 unspecified atom stereocenters. The minimum Gasteiger partial charge on any atom is -0.393 e. The molecule has 1 nitrogen and oxygen atoms in total. The van der Waals surface area contributed by atoms with E-state index in [2.05, 4.69) is 20.8 Å². The van der Waals surface area contributed by atoms with E-state index in [1.165, 1.54) is 19.3 Å². The Kier molecular flexibility index (Phi) is 2.03. The third-order valence-electron chi connectivity index (χ3n) is 3.92. The highest BCUT2D eigenvalue weighted by Crippen LogP contribution is 2.51. The van der Waals surface area contributed by atoms with E-state index in [0.717, 1.165) is 6.42 Å². The molecule has 0 bridgehead atoms. The zero-order valence-corrected chi connectivity index (χ0v) is 8.93. The molecule has 0 aliphatic heterocycles. The second-order valence-electron chi connectivity index (χ2n) is 5.33. The minimum absolute atomic E-state index is 0.0395. The van der Waals surface area contributed by atoms with Crippen molar-refractivity contribution >= 4 is 0 Å². The van der Waals surface area contributed by atoms with Crippen molar-refractivity contribution in [1.29, 1.82) is 0 Å². The van der Waals surface area contributed by atoms with E-state index < -0.39 is 0 Å². The van der Waals surface area contributed by atoms with Crippen LogP contribution in [0.25, 0.3) is 0 Å². The van der Waals surface area contributed by atoms with Crippen molar-refractivity contribution in [2.75, 3.05) is 0 Å². The minimum atomic E-state index is -0.0395. The average Bonchev–Trinajstić information content (AvgIpc) is 2.29. The standard InChI is InChI=1S/C12H20O/c1-8-6-7-12(2,3)11(8)9-4-5-10(9)13/h9-10,13H,4-7H2,1-3H3/t9-,10?/m0/s1. The molecule has 0 aromatic heterocycles. The highest BCUT2D eigenvalue weighted by atomic mass is 16.3. The number of allylic oxidation sites excluding steroid dienone is 1. The van der Waals surface area contributed by atoms with E-state index in [4.69, 9.17) is 0 Å². The van der Waals surface area contributed by atoms with Gasteiger partial charge in [-0.25, -0.2) is 0 Å². The molecule has 2 rings (SSSR count). The Bertz CT molecular complexity index is 250. The summed E-state index contributed by atoms with van der Waals surface area (Å²) in [5, 5.41) is 9.68. The Labute approximate surface area is 80.8 Å². The van der Waals surface area contributed by atoms with Gasteiger partial charge in [0.25, 0.3) is 0 Å². The normalized spacial score (nSPS) is 37.8. The molecule has 0 saturated heterocycles. The van der Waals surface area contributed by atoms with Crippen molar-refractivity contribution in [2.45, 2.75) is 52.6 Å². The van der Waals surface area contributed by atoms with E-state index in [1.807, 2.05) is 0 Å². The van der Waals surface area contributed by atoms with Crippen LogP contribution in [0.1, 0.15) is 46.5 Å².